The fraction of sp³-hybridized carbons (Fsp3) is 0.625. The van der Waals surface area contributed by atoms with Crippen LogP contribution in [0.4, 0.5) is 0 Å². The predicted molar refractivity (Wildman–Crippen MR) is 44.8 cm³/mol. The summed E-state index contributed by atoms with van der Waals surface area (Å²) in [6.07, 6.45) is 3.74. The van der Waals surface area contributed by atoms with Gasteiger partial charge in [-0.3, -0.25) is 0 Å². The molecule has 0 radical (unpaired) electrons. The third-order valence-corrected chi connectivity index (χ3v) is 2.44. The van der Waals surface area contributed by atoms with E-state index < -0.39 is 0 Å². The summed E-state index contributed by atoms with van der Waals surface area (Å²) in [7, 11) is 3.72. The quantitative estimate of drug-likeness (QED) is 0.666. The number of nitrogens with one attached hydrogen (secondary N) is 1. The van der Waals surface area contributed by atoms with E-state index in [4.69, 9.17) is 4.74 Å². The largest absolute Gasteiger partial charge is 0.368 e. The molecule has 0 unspecified atom stereocenters. The number of methoxy groups -OCH3 is 1. The van der Waals surface area contributed by atoms with Crippen molar-refractivity contribution in [2.75, 3.05) is 20.2 Å². The van der Waals surface area contributed by atoms with E-state index in [2.05, 4.69) is 10.3 Å². The molecule has 1 fully saturated rings. The summed E-state index contributed by atoms with van der Waals surface area (Å²) in [5.74, 6) is 1.00. The lowest BCUT2D eigenvalue weighted by Crippen LogP contribution is -2.59. The van der Waals surface area contributed by atoms with E-state index in [1.54, 1.807) is 13.3 Å². The van der Waals surface area contributed by atoms with E-state index in [1.807, 2.05) is 17.8 Å². The van der Waals surface area contributed by atoms with E-state index in [-0.39, 0.29) is 5.60 Å². The number of aromatic nitrogens is 2. The van der Waals surface area contributed by atoms with Crippen LogP contribution < -0.4 is 5.32 Å². The Kier molecular flexibility index (Phi) is 1.66. The first-order valence-electron chi connectivity index (χ1n) is 4.02. The topological polar surface area (TPSA) is 39.1 Å². The molecule has 1 N–H and O–H groups in total. The molecule has 0 saturated carbocycles. The van der Waals surface area contributed by atoms with Gasteiger partial charge in [0.1, 0.15) is 11.4 Å². The minimum Gasteiger partial charge on any atom is -0.368 e. The molecule has 1 saturated heterocycles. The smallest absolute Gasteiger partial charge is 0.150 e. The van der Waals surface area contributed by atoms with Crippen LogP contribution >= 0.6 is 0 Å². The van der Waals surface area contributed by atoms with Crippen LogP contribution in [0.1, 0.15) is 5.82 Å². The fourth-order valence-electron chi connectivity index (χ4n) is 1.55. The van der Waals surface area contributed by atoms with Gasteiger partial charge in [0.15, 0.2) is 0 Å². The van der Waals surface area contributed by atoms with Gasteiger partial charge in [0, 0.05) is 39.6 Å². The van der Waals surface area contributed by atoms with Gasteiger partial charge in [-0.25, -0.2) is 4.98 Å². The predicted octanol–water partition coefficient (Wildman–Crippen LogP) is -0.135. The molecular formula is C8H13N3O. The lowest BCUT2D eigenvalue weighted by Gasteiger charge is -2.40. The summed E-state index contributed by atoms with van der Waals surface area (Å²) in [4.78, 5) is 4.28. The van der Waals surface area contributed by atoms with Gasteiger partial charge in [0.25, 0.3) is 0 Å². The molecule has 66 valence electrons. The Morgan fingerprint density at radius 1 is 1.67 bits per heavy atom. The lowest BCUT2D eigenvalue weighted by molar-refractivity contribution is -0.0652. The van der Waals surface area contributed by atoms with Crippen LogP contribution in [0.25, 0.3) is 0 Å². The summed E-state index contributed by atoms with van der Waals surface area (Å²) >= 11 is 0. The summed E-state index contributed by atoms with van der Waals surface area (Å²) in [6.45, 7) is 1.71. The van der Waals surface area contributed by atoms with E-state index >= 15 is 0 Å². The van der Waals surface area contributed by atoms with Crippen molar-refractivity contribution in [3.63, 3.8) is 0 Å². The Morgan fingerprint density at radius 2 is 2.42 bits per heavy atom. The molecule has 0 aliphatic carbocycles. The second-order valence-electron chi connectivity index (χ2n) is 3.16. The monoisotopic (exact) mass is 167 g/mol. The first-order chi connectivity index (χ1) is 5.78. The van der Waals surface area contributed by atoms with Crippen molar-refractivity contribution < 1.29 is 4.74 Å². The highest BCUT2D eigenvalue weighted by Gasteiger charge is 2.42. The van der Waals surface area contributed by atoms with Gasteiger partial charge in [-0.15, -0.1) is 0 Å². The molecule has 2 rings (SSSR count). The average Bonchev–Trinajstić information content (AvgIpc) is 2.36. The van der Waals surface area contributed by atoms with Crippen molar-refractivity contribution in [1.82, 2.24) is 14.9 Å². The van der Waals surface area contributed by atoms with Crippen molar-refractivity contribution >= 4 is 0 Å². The highest BCUT2D eigenvalue weighted by atomic mass is 16.5. The van der Waals surface area contributed by atoms with Crippen LogP contribution in [0.3, 0.4) is 0 Å². The van der Waals surface area contributed by atoms with Crippen LogP contribution in [-0.2, 0) is 17.4 Å². The average molecular weight is 167 g/mol. The number of hydrogen-bond donors (Lipinski definition) is 1. The molecule has 1 aliphatic heterocycles. The number of imidazole rings is 1. The molecule has 0 aromatic carbocycles. The van der Waals surface area contributed by atoms with Crippen molar-refractivity contribution in [1.29, 1.82) is 0 Å². The van der Waals surface area contributed by atoms with Gasteiger partial charge in [-0.1, -0.05) is 0 Å². The highest BCUT2D eigenvalue weighted by molar-refractivity contribution is 5.12. The lowest BCUT2D eigenvalue weighted by atomic mass is 9.96. The molecule has 0 spiro atoms. The minimum absolute atomic E-state index is 0.182. The van der Waals surface area contributed by atoms with Gasteiger partial charge < -0.3 is 14.6 Å². The summed E-state index contributed by atoms with van der Waals surface area (Å²) in [6, 6.07) is 0. The number of ether oxygens (including phenoxy) is 1. The van der Waals surface area contributed by atoms with Gasteiger partial charge in [0.2, 0.25) is 0 Å². The number of aryl methyl sites for hydroxylation is 1. The molecule has 1 aliphatic rings. The maximum absolute atomic E-state index is 5.45. The Hall–Kier alpha value is -0.870. The Morgan fingerprint density at radius 3 is 2.75 bits per heavy atom. The van der Waals surface area contributed by atoms with Crippen LogP contribution in [0.5, 0.6) is 0 Å². The van der Waals surface area contributed by atoms with E-state index in [0.717, 1.165) is 18.9 Å². The molecule has 1 aromatic heterocycles. The second-order valence-corrected chi connectivity index (χ2v) is 3.16. The van der Waals surface area contributed by atoms with Gasteiger partial charge >= 0.3 is 0 Å². The molecule has 4 nitrogen and oxygen atoms in total. The summed E-state index contributed by atoms with van der Waals surface area (Å²) in [5, 5.41) is 3.19. The van der Waals surface area contributed by atoms with Crippen molar-refractivity contribution in [3.8, 4) is 0 Å². The minimum atomic E-state index is -0.182. The second kappa shape index (κ2) is 2.57. The molecule has 0 atom stereocenters. The highest BCUT2D eigenvalue weighted by Crippen LogP contribution is 2.26. The third-order valence-electron chi connectivity index (χ3n) is 2.44. The normalized spacial score (nSPS) is 20.5. The number of rotatable bonds is 2. The molecular weight excluding hydrogens is 154 g/mol. The SMILES string of the molecule is COC1(c2nccn2C)CNC1. The number of nitrogens with zero attached hydrogens (tertiary/aromatic N) is 2. The van der Waals surface area contributed by atoms with Crippen molar-refractivity contribution in [2.45, 2.75) is 5.60 Å². The fourth-order valence-corrected chi connectivity index (χ4v) is 1.55. The van der Waals surface area contributed by atoms with E-state index in [0.29, 0.717) is 0 Å². The molecule has 0 amide bonds. The zero-order valence-corrected chi connectivity index (χ0v) is 7.37. The van der Waals surface area contributed by atoms with E-state index in [9.17, 15) is 0 Å². The molecule has 0 bridgehead atoms. The van der Waals surface area contributed by atoms with Crippen LogP contribution in [0, 0.1) is 0 Å². The zero-order chi connectivity index (χ0) is 8.60. The maximum atomic E-state index is 5.45. The van der Waals surface area contributed by atoms with Crippen LogP contribution in [0.2, 0.25) is 0 Å². The standard InChI is InChI=1S/C8H13N3O/c1-11-4-3-10-7(11)8(12-2)5-9-6-8/h3-4,9H,5-6H2,1-2H3. The third kappa shape index (κ3) is 0.884. The molecule has 1 aromatic rings. The first kappa shape index (κ1) is 7.76. The van der Waals surface area contributed by atoms with Crippen LogP contribution in [0.15, 0.2) is 12.4 Å². The van der Waals surface area contributed by atoms with Crippen molar-refractivity contribution in [3.05, 3.63) is 18.2 Å². The summed E-state index contributed by atoms with van der Waals surface area (Å²) < 4.78 is 7.46. The van der Waals surface area contributed by atoms with Crippen LogP contribution in [-0.4, -0.2) is 29.8 Å². The Balaban J connectivity index is 2.33. The Labute approximate surface area is 71.6 Å². The van der Waals surface area contributed by atoms with Gasteiger partial charge in [-0.05, 0) is 0 Å². The summed E-state index contributed by atoms with van der Waals surface area (Å²) in [5.41, 5.74) is -0.182. The van der Waals surface area contributed by atoms with E-state index in [1.165, 1.54) is 0 Å². The van der Waals surface area contributed by atoms with Gasteiger partial charge in [0.05, 0.1) is 0 Å². The Bertz CT molecular complexity index is 272. The number of hydrogen-bond acceptors (Lipinski definition) is 3. The first-order valence-corrected chi connectivity index (χ1v) is 4.02. The van der Waals surface area contributed by atoms with Crippen molar-refractivity contribution in [2.24, 2.45) is 7.05 Å². The maximum Gasteiger partial charge on any atom is 0.150 e. The molecule has 4 heteroatoms. The zero-order valence-electron chi connectivity index (χ0n) is 7.37. The molecule has 12 heavy (non-hydrogen) atoms. The van der Waals surface area contributed by atoms with Gasteiger partial charge in [-0.2, -0.15) is 0 Å². The molecule has 2 heterocycles.